The van der Waals surface area contributed by atoms with Crippen molar-refractivity contribution in [3.63, 3.8) is 0 Å². The molecule has 0 bridgehead atoms. The first-order chi connectivity index (χ1) is 17.3. The fourth-order valence-corrected chi connectivity index (χ4v) is 6.19. The molecule has 2 fully saturated rings. The highest BCUT2D eigenvalue weighted by Crippen LogP contribution is 2.48. The van der Waals surface area contributed by atoms with Crippen LogP contribution >= 0.6 is 11.3 Å². The summed E-state index contributed by atoms with van der Waals surface area (Å²) in [6.45, 7) is 13.1. The third-order valence-electron chi connectivity index (χ3n) is 8.56. The number of aliphatic hydroxyl groups is 2. The number of carbonyl (C=O) groups is 2. The number of epoxide rings is 1. The lowest BCUT2D eigenvalue weighted by Crippen LogP contribution is -2.46. The summed E-state index contributed by atoms with van der Waals surface area (Å²) in [5.74, 6) is -1.44. The average molecular weight is 536 g/mol. The number of nitrogens with zero attached hydrogens (tertiary/aromatic N) is 1. The van der Waals surface area contributed by atoms with Crippen molar-refractivity contribution < 1.29 is 29.3 Å². The first-order valence-corrected chi connectivity index (χ1v) is 14.6. The Balaban J connectivity index is 1.91. The van der Waals surface area contributed by atoms with Gasteiger partial charge in [-0.3, -0.25) is 9.59 Å². The van der Waals surface area contributed by atoms with Crippen LogP contribution in [0.5, 0.6) is 0 Å². The highest BCUT2D eigenvalue weighted by atomic mass is 32.1. The van der Waals surface area contributed by atoms with Gasteiger partial charge in [-0.2, -0.15) is 0 Å². The Kier molecular flexibility index (Phi) is 9.76. The quantitative estimate of drug-likeness (QED) is 0.400. The van der Waals surface area contributed by atoms with E-state index in [9.17, 15) is 19.8 Å². The maximum atomic E-state index is 13.5. The number of aliphatic hydroxyl groups excluding tert-OH is 2. The summed E-state index contributed by atoms with van der Waals surface area (Å²) >= 11 is 1.56. The average Bonchev–Trinajstić information content (AvgIpc) is 3.37. The molecule has 0 aromatic carbocycles. The van der Waals surface area contributed by atoms with Gasteiger partial charge in [0.05, 0.1) is 46.5 Å². The van der Waals surface area contributed by atoms with Crippen molar-refractivity contribution in [3.8, 4) is 0 Å². The molecule has 0 amide bonds. The first kappa shape index (κ1) is 29.9. The molecule has 1 aromatic rings. The van der Waals surface area contributed by atoms with Crippen molar-refractivity contribution in [2.75, 3.05) is 0 Å². The van der Waals surface area contributed by atoms with Crippen molar-refractivity contribution in [1.82, 2.24) is 4.98 Å². The molecule has 0 unspecified atom stereocenters. The minimum Gasteiger partial charge on any atom is -0.458 e. The van der Waals surface area contributed by atoms with Gasteiger partial charge in [0.25, 0.3) is 0 Å². The number of aromatic nitrogens is 1. The zero-order valence-corrected chi connectivity index (χ0v) is 24.3. The Morgan fingerprint density at radius 1 is 1.24 bits per heavy atom. The Hall–Kier alpha value is -1.61. The van der Waals surface area contributed by atoms with Crippen LogP contribution in [0.25, 0.3) is 6.08 Å². The second-order valence-electron chi connectivity index (χ2n) is 11.6. The predicted molar refractivity (Wildman–Crippen MR) is 145 cm³/mol. The van der Waals surface area contributed by atoms with E-state index in [2.05, 4.69) is 11.9 Å². The van der Waals surface area contributed by atoms with Gasteiger partial charge in [-0.15, -0.1) is 11.3 Å². The highest BCUT2D eigenvalue weighted by Gasteiger charge is 2.56. The minimum atomic E-state index is -1.23. The molecule has 2 aliphatic rings. The number of fused-ring (bicyclic) bond motifs is 1. The number of hydrogen-bond donors (Lipinski definition) is 2. The fraction of sp³-hybridized carbons (Fsp3) is 0.759. The number of hydrogen-bond acceptors (Lipinski definition) is 8. The van der Waals surface area contributed by atoms with E-state index >= 15 is 0 Å². The van der Waals surface area contributed by atoms with Crippen LogP contribution in [-0.4, -0.2) is 57.0 Å². The predicted octanol–water partition coefficient (Wildman–Crippen LogP) is 5.26. The maximum Gasteiger partial charge on any atom is 0.309 e. The molecule has 3 heterocycles. The standard InChI is InChI=1S/C29H45NO6S/c1-8-21-26(33)17(3)11-10-12-24-29(9-2,36-24)15-22(18(4)13-20-16-37-19(5)30-20)35-25(32)14-23(31)28(6,7)27(21)34/h13,16-17,21-24,26,31,33H,8-12,14-15H2,1-7H3/t17-,21+,22-,23-,24-,26-,29+/m0/s1. The van der Waals surface area contributed by atoms with Crippen molar-refractivity contribution in [2.45, 2.75) is 123 Å². The third-order valence-corrected chi connectivity index (χ3v) is 9.35. The van der Waals surface area contributed by atoms with Crippen LogP contribution in [0, 0.1) is 24.2 Å². The third kappa shape index (κ3) is 6.88. The SMILES string of the molecule is CC[C@H]1C(=O)C(C)(C)[C@@H](O)CC(=O)O[C@H](C(C)=Cc2csc(C)n2)C[C@@]2(CC)O[C@H]2CCC[C@H](C)[C@@H]1O. The molecule has 0 saturated carbocycles. The van der Waals surface area contributed by atoms with Gasteiger partial charge in [0, 0.05) is 17.7 Å². The van der Waals surface area contributed by atoms with Gasteiger partial charge in [0.2, 0.25) is 0 Å². The van der Waals surface area contributed by atoms with Crippen LogP contribution in [0.4, 0.5) is 0 Å². The van der Waals surface area contributed by atoms with E-state index in [0.29, 0.717) is 12.8 Å². The molecule has 0 spiro atoms. The van der Waals surface area contributed by atoms with E-state index in [-0.39, 0.29) is 29.8 Å². The summed E-state index contributed by atoms with van der Waals surface area (Å²) in [6.07, 6.45) is 3.47. The lowest BCUT2D eigenvalue weighted by molar-refractivity contribution is -0.155. The summed E-state index contributed by atoms with van der Waals surface area (Å²) in [4.78, 5) is 31.1. The largest absolute Gasteiger partial charge is 0.458 e. The highest BCUT2D eigenvalue weighted by molar-refractivity contribution is 7.09. The number of esters is 1. The molecule has 2 aliphatic heterocycles. The summed E-state index contributed by atoms with van der Waals surface area (Å²) in [7, 11) is 0. The first-order valence-electron chi connectivity index (χ1n) is 13.7. The molecule has 208 valence electrons. The minimum absolute atomic E-state index is 0.0611. The van der Waals surface area contributed by atoms with Gasteiger partial charge < -0.3 is 19.7 Å². The van der Waals surface area contributed by atoms with Crippen molar-refractivity contribution in [2.24, 2.45) is 17.3 Å². The Morgan fingerprint density at radius 2 is 1.95 bits per heavy atom. The molecule has 37 heavy (non-hydrogen) atoms. The number of carbonyl (C=O) groups excluding carboxylic acids is 2. The lowest BCUT2D eigenvalue weighted by Gasteiger charge is -2.35. The van der Waals surface area contributed by atoms with Crippen LogP contribution in [0.1, 0.15) is 97.2 Å². The van der Waals surface area contributed by atoms with Gasteiger partial charge >= 0.3 is 5.97 Å². The number of ketones is 1. The maximum absolute atomic E-state index is 13.5. The van der Waals surface area contributed by atoms with E-state index in [1.807, 2.05) is 39.2 Å². The summed E-state index contributed by atoms with van der Waals surface area (Å²) in [5, 5.41) is 25.0. The van der Waals surface area contributed by atoms with Crippen LogP contribution < -0.4 is 0 Å². The Morgan fingerprint density at radius 3 is 2.54 bits per heavy atom. The van der Waals surface area contributed by atoms with E-state index in [1.165, 1.54) is 0 Å². The summed E-state index contributed by atoms with van der Waals surface area (Å²) < 4.78 is 12.2. The normalized spacial score (nSPS) is 36.1. The fourth-order valence-electron chi connectivity index (χ4n) is 5.62. The second-order valence-corrected chi connectivity index (χ2v) is 12.7. The van der Waals surface area contributed by atoms with E-state index < -0.39 is 35.6 Å². The molecule has 7 atom stereocenters. The molecule has 3 rings (SSSR count). The smallest absolute Gasteiger partial charge is 0.309 e. The van der Waals surface area contributed by atoms with Crippen LogP contribution in [0.15, 0.2) is 11.0 Å². The second kappa shape index (κ2) is 12.1. The monoisotopic (exact) mass is 535 g/mol. The lowest BCUT2D eigenvalue weighted by atomic mass is 9.71. The number of thiazole rings is 1. The number of Topliss-reactive ketones (excluding diaryl/α,β-unsaturated/α-hetero) is 1. The van der Waals surface area contributed by atoms with Gasteiger partial charge in [0.15, 0.2) is 0 Å². The van der Waals surface area contributed by atoms with Crippen LogP contribution in [0.3, 0.4) is 0 Å². The van der Waals surface area contributed by atoms with Crippen LogP contribution in [-0.2, 0) is 19.1 Å². The zero-order valence-electron chi connectivity index (χ0n) is 23.5. The number of rotatable bonds is 4. The Bertz CT molecular complexity index is 987. The Labute approximate surface area is 225 Å². The van der Waals surface area contributed by atoms with E-state index in [1.54, 1.807) is 25.2 Å². The van der Waals surface area contributed by atoms with Gasteiger partial charge in [-0.25, -0.2) is 4.98 Å². The topological polar surface area (TPSA) is 109 Å². The molecule has 2 saturated heterocycles. The molecular weight excluding hydrogens is 490 g/mol. The van der Waals surface area contributed by atoms with E-state index in [0.717, 1.165) is 42.0 Å². The number of cyclic esters (lactones) is 1. The number of aryl methyl sites for hydroxylation is 1. The molecule has 1 aromatic heterocycles. The zero-order chi connectivity index (χ0) is 27.5. The van der Waals surface area contributed by atoms with Gasteiger partial charge in [0.1, 0.15) is 11.9 Å². The number of ether oxygens (including phenoxy) is 2. The van der Waals surface area contributed by atoms with Crippen molar-refractivity contribution >= 4 is 29.2 Å². The van der Waals surface area contributed by atoms with Crippen LogP contribution in [0.2, 0.25) is 0 Å². The molecule has 7 nitrogen and oxygen atoms in total. The molecule has 8 heteroatoms. The molecule has 0 aliphatic carbocycles. The molecule has 2 N–H and O–H groups in total. The summed E-state index contributed by atoms with van der Waals surface area (Å²) in [6, 6.07) is 0. The summed E-state index contributed by atoms with van der Waals surface area (Å²) in [5.41, 5.74) is 0.128. The molecule has 0 radical (unpaired) electrons. The van der Waals surface area contributed by atoms with Gasteiger partial charge in [-0.1, -0.05) is 41.0 Å². The molecular formula is C29H45NO6S. The van der Waals surface area contributed by atoms with Crippen molar-refractivity contribution in [1.29, 1.82) is 0 Å². The van der Waals surface area contributed by atoms with Crippen molar-refractivity contribution in [3.05, 3.63) is 21.7 Å². The van der Waals surface area contributed by atoms with Gasteiger partial charge in [-0.05, 0) is 57.1 Å². The van der Waals surface area contributed by atoms with E-state index in [4.69, 9.17) is 9.47 Å².